The Morgan fingerprint density at radius 1 is 0.862 bits per heavy atom. The van der Waals surface area contributed by atoms with Gasteiger partial charge in [-0.1, -0.05) is 29.8 Å². The van der Waals surface area contributed by atoms with Crippen LogP contribution >= 0.6 is 23.2 Å². The highest BCUT2D eigenvalue weighted by atomic mass is 35.5. The number of hydrogen-bond acceptors (Lipinski definition) is 3. The van der Waals surface area contributed by atoms with Gasteiger partial charge in [0.1, 0.15) is 5.75 Å². The quantitative estimate of drug-likeness (QED) is 0.362. The molecular weight excluding hydrogens is 409 g/mol. The molecule has 0 heterocycles. The van der Waals surface area contributed by atoms with Crippen molar-refractivity contribution in [2.45, 2.75) is 12.5 Å². The number of ether oxygens (including phenoxy) is 1. The van der Waals surface area contributed by atoms with Gasteiger partial charge in [0.05, 0.1) is 0 Å². The molecule has 3 aromatic carbocycles. The number of ketones is 1. The zero-order chi connectivity index (χ0) is 20.6. The fourth-order valence-electron chi connectivity index (χ4n) is 2.72. The smallest absolute Gasteiger partial charge is 0.255 e. The van der Waals surface area contributed by atoms with Gasteiger partial charge < -0.3 is 10.1 Å². The first-order chi connectivity index (χ1) is 14.1. The van der Waals surface area contributed by atoms with Crippen molar-refractivity contribution < 1.29 is 14.3 Å². The second-order valence-corrected chi connectivity index (χ2v) is 7.11. The molecule has 0 radical (unpaired) electrons. The molecule has 0 bridgehead atoms. The molecule has 0 saturated heterocycles. The van der Waals surface area contributed by atoms with Crippen molar-refractivity contribution in [1.29, 1.82) is 0 Å². The summed E-state index contributed by atoms with van der Waals surface area (Å²) in [6, 6.07) is 22.5. The Kier molecular flexibility index (Phi) is 7.28. The van der Waals surface area contributed by atoms with Crippen LogP contribution < -0.4 is 10.1 Å². The van der Waals surface area contributed by atoms with Crippen LogP contribution in [0.4, 0.5) is 5.69 Å². The van der Waals surface area contributed by atoms with E-state index < -0.39 is 6.10 Å². The molecule has 1 N–H and O–H groups in total. The molecule has 0 aliphatic heterocycles. The Hall–Kier alpha value is -2.82. The van der Waals surface area contributed by atoms with Gasteiger partial charge >= 0.3 is 0 Å². The normalized spacial score (nSPS) is 11.5. The Labute approximate surface area is 179 Å². The van der Waals surface area contributed by atoms with E-state index in [1.54, 1.807) is 72.8 Å². The molecule has 0 spiro atoms. The average molecular weight is 428 g/mol. The zero-order valence-corrected chi connectivity index (χ0v) is 17.0. The summed E-state index contributed by atoms with van der Waals surface area (Å²) < 4.78 is 5.87. The third kappa shape index (κ3) is 5.83. The third-order valence-corrected chi connectivity index (χ3v) is 4.69. The first-order valence-corrected chi connectivity index (χ1v) is 9.97. The van der Waals surface area contributed by atoms with Crippen molar-refractivity contribution in [2.75, 3.05) is 11.2 Å². The summed E-state index contributed by atoms with van der Waals surface area (Å²) in [5.74, 6) is 0.441. The minimum absolute atomic E-state index is 0.163. The summed E-state index contributed by atoms with van der Waals surface area (Å²) in [6.07, 6.45) is -0.339. The molecule has 0 saturated carbocycles. The summed E-state index contributed by atoms with van der Waals surface area (Å²) in [6.45, 7) is 0. The second kappa shape index (κ2) is 10.1. The largest absolute Gasteiger partial charge is 0.482 e. The van der Waals surface area contributed by atoms with Crippen molar-refractivity contribution in [3.8, 4) is 5.75 Å². The van der Waals surface area contributed by atoms with Gasteiger partial charge in [0.2, 0.25) is 5.78 Å². The maximum atomic E-state index is 12.7. The van der Waals surface area contributed by atoms with Gasteiger partial charge in [-0.25, -0.2) is 0 Å². The molecule has 4 nitrogen and oxygen atoms in total. The van der Waals surface area contributed by atoms with Gasteiger partial charge in [0.25, 0.3) is 5.91 Å². The molecule has 6 heteroatoms. The van der Waals surface area contributed by atoms with Crippen molar-refractivity contribution in [1.82, 2.24) is 0 Å². The molecule has 3 aromatic rings. The van der Waals surface area contributed by atoms with Crippen LogP contribution in [0.15, 0.2) is 78.9 Å². The Morgan fingerprint density at radius 3 is 2.14 bits per heavy atom. The number of amides is 1. The van der Waals surface area contributed by atoms with E-state index in [1.807, 2.05) is 6.07 Å². The number of Topliss-reactive ketones (excluding diaryl/α,β-unsaturated/α-hetero) is 1. The molecule has 1 unspecified atom stereocenters. The zero-order valence-electron chi connectivity index (χ0n) is 15.5. The standard InChI is InChI=1S/C23H19Cl2NO3/c24-15-14-21(22(27)16-6-8-18(25)9-7-16)29-20-12-10-19(11-13-20)26-23(28)17-4-2-1-3-5-17/h1-13,21H,14-15H2,(H,26,28). The minimum atomic E-state index is -0.710. The molecule has 0 aromatic heterocycles. The molecule has 1 amide bonds. The lowest BCUT2D eigenvalue weighted by Crippen LogP contribution is -2.28. The highest BCUT2D eigenvalue weighted by Gasteiger charge is 2.21. The summed E-state index contributed by atoms with van der Waals surface area (Å²) in [5.41, 5.74) is 1.71. The van der Waals surface area contributed by atoms with E-state index >= 15 is 0 Å². The average Bonchev–Trinajstić information content (AvgIpc) is 2.75. The molecule has 3 rings (SSSR count). The minimum Gasteiger partial charge on any atom is -0.482 e. The van der Waals surface area contributed by atoms with Crippen LogP contribution in [0.3, 0.4) is 0 Å². The van der Waals surface area contributed by atoms with Gasteiger partial charge in [0, 0.05) is 34.1 Å². The molecule has 0 aliphatic rings. The Morgan fingerprint density at radius 2 is 1.52 bits per heavy atom. The van der Waals surface area contributed by atoms with Crippen LogP contribution in [0.1, 0.15) is 27.1 Å². The maximum absolute atomic E-state index is 12.7. The van der Waals surface area contributed by atoms with Crippen molar-refractivity contribution in [3.05, 3.63) is 95.0 Å². The third-order valence-electron chi connectivity index (χ3n) is 4.22. The van der Waals surface area contributed by atoms with E-state index in [0.717, 1.165) is 0 Å². The maximum Gasteiger partial charge on any atom is 0.255 e. The first kappa shape index (κ1) is 20.9. The monoisotopic (exact) mass is 427 g/mol. The molecule has 1 atom stereocenters. The summed E-state index contributed by atoms with van der Waals surface area (Å²) in [5, 5.41) is 3.38. The number of halogens is 2. The molecule has 0 aliphatic carbocycles. The van der Waals surface area contributed by atoms with E-state index in [-0.39, 0.29) is 17.6 Å². The fourth-order valence-corrected chi connectivity index (χ4v) is 3.04. The predicted octanol–water partition coefficient (Wildman–Crippen LogP) is 5.85. The second-order valence-electron chi connectivity index (χ2n) is 6.30. The number of anilines is 1. The number of carbonyl (C=O) groups excluding carboxylic acids is 2. The Balaban J connectivity index is 1.67. The molecule has 29 heavy (non-hydrogen) atoms. The predicted molar refractivity (Wildman–Crippen MR) is 116 cm³/mol. The summed E-state index contributed by atoms with van der Waals surface area (Å²) in [4.78, 5) is 25.0. The van der Waals surface area contributed by atoms with Gasteiger partial charge in [-0.3, -0.25) is 9.59 Å². The highest BCUT2D eigenvalue weighted by molar-refractivity contribution is 6.30. The van der Waals surface area contributed by atoms with Crippen LogP contribution in [0.25, 0.3) is 0 Å². The van der Waals surface area contributed by atoms with Crippen molar-refractivity contribution >= 4 is 40.6 Å². The number of rotatable bonds is 8. The van der Waals surface area contributed by atoms with Crippen molar-refractivity contribution in [2.24, 2.45) is 0 Å². The lowest BCUT2D eigenvalue weighted by Gasteiger charge is -2.17. The van der Waals surface area contributed by atoms with Gasteiger partial charge in [0.15, 0.2) is 6.10 Å². The van der Waals surface area contributed by atoms with E-state index in [4.69, 9.17) is 27.9 Å². The lowest BCUT2D eigenvalue weighted by atomic mass is 10.0. The topological polar surface area (TPSA) is 55.4 Å². The molecule has 148 valence electrons. The van der Waals surface area contributed by atoms with Gasteiger partial charge in [-0.2, -0.15) is 0 Å². The number of hydrogen-bond donors (Lipinski definition) is 1. The number of carbonyl (C=O) groups is 2. The number of alkyl halides is 1. The number of nitrogens with one attached hydrogen (secondary N) is 1. The van der Waals surface area contributed by atoms with Crippen molar-refractivity contribution in [3.63, 3.8) is 0 Å². The van der Waals surface area contributed by atoms with Gasteiger partial charge in [-0.15, -0.1) is 11.6 Å². The summed E-state index contributed by atoms with van der Waals surface area (Å²) >= 11 is 11.7. The van der Waals surface area contributed by atoms with Gasteiger partial charge in [-0.05, 0) is 60.7 Å². The SMILES string of the molecule is O=C(Nc1ccc(OC(CCCl)C(=O)c2ccc(Cl)cc2)cc1)c1ccccc1. The fraction of sp³-hybridized carbons (Fsp3) is 0.130. The first-order valence-electron chi connectivity index (χ1n) is 9.05. The lowest BCUT2D eigenvalue weighted by molar-refractivity contribution is 0.0788. The summed E-state index contributed by atoms with van der Waals surface area (Å²) in [7, 11) is 0. The highest BCUT2D eigenvalue weighted by Crippen LogP contribution is 2.21. The van der Waals surface area contributed by atoms with E-state index in [2.05, 4.69) is 5.32 Å². The van der Waals surface area contributed by atoms with Crippen LogP contribution in [0.5, 0.6) is 5.75 Å². The van der Waals surface area contributed by atoms with Crippen LogP contribution in [0.2, 0.25) is 5.02 Å². The van der Waals surface area contributed by atoms with E-state index in [9.17, 15) is 9.59 Å². The Bertz CT molecular complexity index is 958. The molecular formula is C23H19Cl2NO3. The van der Waals surface area contributed by atoms with Crippen LogP contribution in [0, 0.1) is 0 Å². The molecule has 0 fully saturated rings. The number of benzene rings is 3. The van der Waals surface area contributed by atoms with Crippen LogP contribution in [-0.2, 0) is 0 Å². The van der Waals surface area contributed by atoms with E-state index in [0.29, 0.717) is 34.0 Å². The van der Waals surface area contributed by atoms with E-state index in [1.165, 1.54) is 0 Å². The van der Waals surface area contributed by atoms with Crippen LogP contribution in [-0.4, -0.2) is 23.7 Å².